The third-order valence-electron chi connectivity index (χ3n) is 4.89. The van der Waals surface area contributed by atoms with E-state index < -0.39 is 10.9 Å². The van der Waals surface area contributed by atoms with Crippen LogP contribution in [0.3, 0.4) is 0 Å². The van der Waals surface area contributed by atoms with Crippen LogP contribution in [0.5, 0.6) is 0 Å². The van der Waals surface area contributed by atoms with Gasteiger partial charge < -0.3 is 10.1 Å². The topological polar surface area (TPSA) is 81.5 Å². The van der Waals surface area contributed by atoms with Crippen molar-refractivity contribution in [1.82, 2.24) is 5.32 Å². The summed E-state index contributed by atoms with van der Waals surface area (Å²) in [6, 6.07) is 5.49. The number of likely N-dealkylation sites (N-methyl/N-ethyl adjacent to an activating group) is 1. The Hall–Kier alpha value is -1.66. The number of nitro groups is 1. The highest BCUT2D eigenvalue weighted by atomic mass is 35.5. The van der Waals surface area contributed by atoms with E-state index >= 15 is 0 Å². The highest BCUT2D eigenvalue weighted by molar-refractivity contribution is 5.89. The molecule has 2 rings (SSSR count). The van der Waals surface area contributed by atoms with Crippen molar-refractivity contribution < 1.29 is 14.5 Å². The highest BCUT2D eigenvalue weighted by Gasteiger charge is 2.35. The molecule has 0 aliphatic heterocycles. The van der Waals surface area contributed by atoms with Gasteiger partial charge in [0.25, 0.3) is 5.69 Å². The zero-order chi connectivity index (χ0) is 16.9. The molecule has 1 aromatic rings. The minimum absolute atomic E-state index is 0. The van der Waals surface area contributed by atoms with E-state index in [9.17, 15) is 14.9 Å². The molecular formula is C17H25ClN2O4. The number of halogens is 1. The van der Waals surface area contributed by atoms with Crippen molar-refractivity contribution in [2.45, 2.75) is 44.6 Å². The van der Waals surface area contributed by atoms with Crippen molar-refractivity contribution in [3.63, 3.8) is 0 Å². The molecule has 0 radical (unpaired) electrons. The van der Waals surface area contributed by atoms with Crippen LogP contribution >= 0.6 is 12.4 Å². The number of hydrogen-bond donors (Lipinski definition) is 1. The summed E-state index contributed by atoms with van der Waals surface area (Å²) in [4.78, 5) is 22.3. The van der Waals surface area contributed by atoms with Gasteiger partial charge in [-0.3, -0.25) is 10.1 Å². The summed E-state index contributed by atoms with van der Waals surface area (Å²) in [6.45, 7) is 2.39. The number of nitro benzene ring substituents is 1. The molecule has 24 heavy (non-hydrogen) atoms. The van der Waals surface area contributed by atoms with Crippen LogP contribution in [0.15, 0.2) is 24.3 Å². The first kappa shape index (κ1) is 20.4. The van der Waals surface area contributed by atoms with Crippen LogP contribution in [-0.2, 0) is 4.74 Å². The van der Waals surface area contributed by atoms with Gasteiger partial charge in [-0.25, -0.2) is 4.79 Å². The van der Waals surface area contributed by atoms with Crippen LogP contribution in [-0.4, -0.2) is 30.1 Å². The van der Waals surface area contributed by atoms with Crippen molar-refractivity contribution in [3.8, 4) is 0 Å². The fraction of sp³-hybridized carbons (Fsp3) is 0.588. The first-order valence-corrected chi connectivity index (χ1v) is 8.07. The Labute approximate surface area is 148 Å². The van der Waals surface area contributed by atoms with Crippen LogP contribution in [0.2, 0.25) is 0 Å². The standard InChI is InChI=1S/C17H24N2O4.ClH/c1-17(18-2,14-6-4-3-5-7-14)12-23-16(20)13-8-10-15(11-9-13)19(21)22;/h8-11,14,18H,3-7,12H2,1-2H3;1H. The van der Waals surface area contributed by atoms with E-state index in [4.69, 9.17) is 4.74 Å². The molecule has 1 aromatic carbocycles. The van der Waals surface area contributed by atoms with Gasteiger partial charge in [0, 0.05) is 12.1 Å². The number of benzene rings is 1. The number of nitrogens with zero attached hydrogens (tertiary/aromatic N) is 1. The SMILES string of the molecule is CNC(C)(COC(=O)c1ccc([N+](=O)[O-])cc1)C1CCCCC1.Cl. The predicted molar refractivity (Wildman–Crippen MR) is 94.7 cm³/mol. The van der Waals surface area contributed by atoms with Crippen molar-refractivity contribution in [2.75, 3.05) is 13.7 Å². The molecule has 0 spiro atoms. The number of rotatable bonds is 6. The summed E-state index contributed by atoms with van der Waals surface area (Å²) in [7, 11) is 1.90. The number of hydrogen-bond acceptors (Lipinski definition) is 5. The largest absolute Gasteiger partial charge is 0.460 e. The Balaban J connectivity index is 0.00000288. The van der Waals surface area contributed by atoms with Gasteiger partial charge in [-0.2, -0.15) is 0 Å². The number of esters is 1. The summed E-state index contributed by atoms with van der Waals surface area (Å²) >= 11 is 0. The molecule has 1 aliphatic rings. The van der Waals surface area contributed by atoms with Gasteiger partial charge in [-0.15, -0.1) is 12.4 Å². The van der Waals surface area contributed by atoms with Crippen LogP contribution in [0.4, 0.5) is 5.69 Å². The molecule has 0 heterocycles. The molecule has 0 amide bonds. The first-order valence-electron chi connectivity index (χ1n) is 8.07. The molecule has 1 N–H and O–H groups in total. The average molecular weight is 357 g/mol. The fourth-order valence-electron chi connectivity index (χ4n) is 3.15. The van der Waals surface area contributed by atoms with Crippen molar-refractivity contribution >= 4 is 24.1 Å². The zero-order valence-corrected chi connectivity index (χ0v) is 14.9. The molecule has 7 heteroatoms. The second kappa shape index (κ2) is 8.99. The maximum atomic E-state index is 12.2. The molecule has 0 saturated heterocycles. The minimum Gasteiger partial charge on any atom is -0.460 e. The summed E-state index contributed by atoms with van der Waals surface area (Å²) < 4.78 is 5.47. The highest BCUT2D eigenvalue weighted by Crippen LogP contribution is 2.32. The van der Waals surface area contributed by atoms with Gasteiger partial charge in [-0.05, 0) is 44.9 Å². The second-order valence-corrected chi connectivity index (χ2v) is 6.38. The number of carbonyl (C=O) groups is 1. The molecule has 1 unspecified atom stereocenters. The zero-order valence-electron chi connectivity index (χ0n) is 14.1. The number of non-ortho nitro benzene ring substituents is 1. The number of carbonyl (C=O) groups excluding carboxylic acids is 1. The van der Waals surface area contributed by atoms with Crippen molar-refractivity contribution in [1.29, 1.82) is 0 Å². The van der Waals surface area contributed by atoms with E-state index in [1.54, 1.807) is 0 Å². The van der Waals surface area contributed by atoms with E-state index in [0.29, 0.717) is 18.1 Å². The van der Waals surface area contributed by atoms with Crippen molar-refractivity contribution in [2.24, 2.45) is 5.92 Å². The van der Waals surface area contributed by atoms with E-state index in [-0.39, 0.29) is 23.6 Å². The van der Waals surface area contributed by atoms with Crippen molar-refractivity contribution in [3.05, 3.63) is 39.9 Å². The Morgan fingerprint density at radius 1 is 1.29 bits per heavy atom. The molecule has 1 aliphatic carbocycles. The number of ether oxygens (including phenoxy) is 1. The van der Waals surface area contributed by atoms with Crippen LogP contribution < -0.4 is 5.32 Å². The lowest BCUT2D eigenvalue weighted by Crippen LogP contribution is -2.51. The lowest BCUT2D eigenvalue weighted by molar-refractivity contribution is -0.384. The monoisotopic (exact) mass is 356 g/mol. The van der Waals surface area contributed by atoms with Crippen LogP contribution in [0.25, 0.3) is 0 Å². The van der Waals surface area contributed by atoms with Gasteiger partial charge in [0.2, 0.25) is 0 Å². The number of nitrogens with one attached hydrogen (secondary N) is 1. The Morgan fingerprint density at radius 3 is 2.38 bits per heavy atom. The third-order valence-corrected chi connectivity index (χ3v) is 4.89. The molecule has 0 aromatic heterocycles. The first-order chi connectivity index (χ1) is 11.0. The summed E-state index contributed by atoms with van der Waals surface area (Å²) in [5.74, 6) is 0.0445. The molecule has 134 valence electrons. The second-order valence-electron chi connectivity index (χ2n) is 6.38. The van der Waals surface area contributed by atoms with Crippen LogP contribution in [0, 0.1) is 16.0 Å². The normalized spacial score (nSPS) is 17.4. The van der Waals surface area contributed by atoms with Crippen LogP contribution in [0.1, 0.15) is 49.4 Å². The van der Waals surface area contributed by atoms with Gasteiger partial charge >= 0.3 is 5.97 Å². The van der Waals surface area contributed by atoms with E-state index in [1.165, 1.54) is 43.5 Å². The molecule has 1 atom stereocenters. The van der Waals surface area contributed by atoms with Gasteiger partial charge in [-0.1, -0.05) is 19.3 Å². The summed E-state index contributed by atoms with van der Waals surface area (Å²) in [6.07, 6.45) is 6.01. The Kier molecular flexibility index (Phi) is 7.63. The minimum atomic E-state index is -0.490. The molecule has 0 bridgehead atoms. The smallest absolute Gasteiger partial charge is 0.338 e. The van der Waals surface area contributed by atoms with E-state index in [1.807, 2.05) is 7.05 Å². The summed E-state index contributed by atoms with van der Waals surface area (Å²) in [5.41, 5.74) is 0.0538. The lowest BCUT2D eigenvalue weighted by atomic mass is 9.76. The van der Waals surface area contributed by atoms with E-state index in [0.717, 1.165) is 12.8 Å². The molecule has 1 saturated carbocycles. The lowest BCUT2D eigenvalue weighted by Gasteiger charge is -2.39. The molecule has 1 fully saturated rings. The predicted octanol–water partition coefficient (Wildman–Crippen LogP) is 3.73. The maximum absolute atomic E-state index is 12.2. The summed E-state index contributed by atoms with van der Waals surface area (Å²) in [5, 5.41) is 13.9. The Morgan fingerprint density at radius 2 is 1.88 bits per heavy atom. The van der Waals surface area contributed by atoms with E-state index in [2.05, 4.69) is 12.2 Å². The molecular weight excluding hydrogens is 332 g/mol. The fourth-order valence-corrected chi connectivity index (χ4v) is 3.15. The quantitative estimate of drug-likeness (QED) is 0.477. The molecule has 6 nitrogen and oxygen atoms in total. The third kappa shape index (κ3) is 4.92. The van der Waals surface area contributed by atoms with Gasteiger partial charge in [0.05, 0.1) is 16.0 Å². The average Bonchev–Trinajstić information content (AvgIpc) is 2.60. The maximum Gasteiger partial charge on any atom is 0.338 e. The van der Waals surface area contributed by atoms with Gasteiger partial charge in [0.15, 0.2) is 0 Å². The Bertz CT molecular complexity index is 558. The van der Waals surface area contributed by atoms with Gasteiger partial charge in [0.1, 0.15) is 6.61 Å².